The second-order valence-corrected chi connectivity index (χ2v) is 4.02. The lowest BCUT2D eigenvalue weighted by atomic mass is 10.1. The summed E-state index contributed by atoms with van der Waals surface area (Å²) in [5.41, 5.74) is 7.49. The van der Waals surface area contributed by atoms with E-state index in [4.69, 9.17) is 21.0 Å². The fourth-order valence-electron chi connectivity index (χ4n) is 1.69. The van der Waals surface area contributed by atoms with E-state index in [1.807, 2.05) is 26.0 Å². The van der Waals surface area contributed by atoms with E-state index >= 15 is 0 Å². The van der Waals surface area contributed by atoms with Gasteiger partial charge in [0.1, 0.15) is 17.9 Å². The number of aromatic nitrogens is 1. The third-order valence-corrected chi connectivity index (χ3v) is 2.55. The molecular formula is C16H16N4O. The molecule has 106 valence electrons. The van der Waals surface area contributed by atoms with Gasteiger partial charge in [-0.1, -0.05) is 6.08 Å². The first kappa shape index (κ1) is 16.0. The van der Waals surface area contributed by atoms with E-state index in [1.165, 1.54) is 6.20 Å². The summed E-state index contributed by atoms with van der Waals surface area (Å²) in [4.78, 5) is 4.14. The van der Waals surface area contributed by atoms with E-state index in [9.17, 15) is 0 Å². The van der Waals surface area contributed by atoms with Gasteiger partial charge in [-0.15, -0.1) is 6.58 Å². The van der Waals surface area contributed by atoms with Crippen molar-refractivity contribution in [3.8, 4) is 17.9 Å². The Labute approximate surface area is 123 Å². The maximum Gasteiger partial charge on any atom is 0.139 e. The number of hydrogen-bond acceptors (Lipinski definition) is 5. The quantitative estimate of drug-likeness (QED) is 0.852. The summed E-state index contributed by atoms with van der Waals surface area (Å²) in [6.45, 7) is 7.55. The molecule has 0 spiro atoms. The average Bonchev–Trinajstić information content (AvgIpc) is 2.48. The molecule has 0 saturated carbocycles. The predicted molar refractivity (Wildman–Crippen MR) is 82.6 cm³/mol. The maximum atomic E-state index is 9.07. The van der Waals surface area contributed by atoms with Crippen molar-refractivity contribution in [1.82, 2.24) is 4.98 Å². The zero-order valence-corrected chi connectivity index (χ0v) is 12.1. The van der Waals surface area contributed by atoms with Crippen molar-refractivity contribution in [2.45, 2.75) is 13.8 Å². The number of allylic oxidation sites excluding steroid dienone is 1. The average molecular weight is 280 g/mol. The minimum Gasteiger partial charge on any atom is -0.492 e. The zero-order valence-electron chi connectivity index (χ0n) is 12.1. The Morgan fingerprint density at radius 2 is 1.95 bits per heavy atom. The topological polar surface area (TPSA) is 95.7 Å². The van der Waals surface area contributed by atoms with Crippen molar-refractivity contribution in [3.05, 3.63) is 42.1 Å². The van der Waals surface area contributed by atoms with Crippen molar-refractivity contribution in [2.24, 2.45) is 0 Å². The van der Waals surface area contributed by atoms with Crippen molar-refractivity contribution in [2.75, 3.05) is 12.3 Å². The van der Waals surface area contributed by atoms with Gasteiger partial charge in [0.05, 0.1) is 28.9 Å². The first-order valence-electron chi connectivity index (χ1n) is 6.35. The lowest BCUT2D eigenvalue weighted by Gasteiger charge is -2.08. The van der Waals surface area contributed by atoms with Crippen LogP contribution in [0.1, 0.15) is 25.0 Å². The van der Waals surface area contributed by atoms with Crippen LogP contribution >= 0.6 is 0 Å². The molecule has 0 unspecified atom stereocenters. The monoisotopic (exact) mass is 280 g/mol. The van der Waals surface area contributed by atoms with Gasteiger partial charge in [0.25, 0.3) is 0 Å². The van der Waals surface area contributed by atoms with Crippen molar-refractivity contribution >= 4 is 16.6 Å². The van der Waals surface area contributed by atoms with E-state index in [-0.39, 0.29) is 0 Å². The molecule has 0 atom stereocenters. The number of pyridine rings is 1. The lowest BCUT2D eigenvalue weighted by Crippen LogP contribution is -1.98. The molecule has 1 heterocycles. The Bertz CT molecular complexity index is 738. The summed E-state index contributed by atoms with van der Waals surface area (Å²) in [6.07, 6.45) is 3.17. The lowest BCUT2D eigenvalue weighted by molar-refractivity contribution is 0.339. The normalized spacial score (nSPS) is 8.95. The Hall–Kier alpha value is -3.05. The summed E-state index contributed by atoms with van der Waals surface area (Å²) < 4.78 is 5.36. The number of ether oxygens (including phenoxy) is 1. The number of fused-ring (bicyclic) bond motifs is 1. The van der Waals surface area contributed by atoms with Crippen LogP contribution in [0.25, 0.3) is 10.9 Å². The van der Waals surface area contributed by atoms with Gasteiger partial charge in [-0.2, -0.15) is 10.5 Å². The Balaban J connectivity index is 0.000000677. The molecule has 0 aliphatic heterocycles. The molecular weight excluding hydrogens is 264 g/mol. The van der Waals surface area contributed by atoms with Crippen LogP contribution in [0.15, 0.2) is 31.0 Å². The van der Waals surface area contributed by atoms with Crippen LogP contribution in [0, 0.1) is 22.7 Å². The van der Waals surface area contributed by atoms with Gasteiger partial charge in [-0.3, -0.25) is 4.98 Å². The minimum atomic E-state index is 0.301. The largest absolute Gasteiger partial charge is 0.492 e. The summed E-state index contributed by atoms with van der Waals surface area (Å²) >= 11 is 0. The van der Waals surface area contributed by atoms with Crippen LogP contribution in [-0.2, 0) is 0 Å². The summed E-state index contributed by atoms with van der Waals surface area (Å²) in [5.74, 6) is 0.476. The van der Waals surface area contributed by atoms with Crippen LogP contribution in [0.4, 0.5) is 5.69 Å². The molecule has 1 aromatic carbocycles. The molecule has 5 heteroatoms. The third kappa shape index (κ3) is 3.49. The van der Waals surface area contributed by atoms with Crippen LogP contribution in [-0.4, -0.2) is 11.6 Å². The fourth-order valence-corrected chi connectivity index (χ4v) is 1.69. The standard InChI is InChI=1S/C13H10N4O.C3H6/c1-2-18-12-4-11-10(3-8(12)5-14)13(16)9(6-15)7-17-11;1-3-2/h3-4,7H,2H2,1H3,(H2,16,17);3H,1H2,2H3. The van der Waals surface area contributed by atoms with Gasteiger partial charge < -0.3 is 10.5 Å². The molecule has 0 bridgehead atoms. The molecule has 21 heavy (non-hydrogen) atoms. The van der Waals surface area contributed by atoms with Crippen molar-refractivity contribution < 1.29 is 4.74 Å². The molecule has 2 N–H and O–H groups in total. The molecule has 0 saturated heterocycles. The van der Waals surface area contributed by atoms with Crippen LogP contribution < -0.4 is 10.5 Å². The van der Waals surface area contributed by atoms with E-state index in [0.717, 1.165) is 0 Å². The van der Waals surface area contributed by atoms with Gasteiger partial charge in [-0.25, -0.2) is 0 Å². The highest BCUT2D eigenvalue weighted by molar-refractivity contribution is 5.94. The zero-order chi connectivity index (χ0) is 15.8. The van der Waals surface area contributed by atoms with E-state index < -0.39 is 0 Å². The number of hydrogen-bond donors (Lipinski definition) is 1. The molecule has 2 rings (SSSR count). The number of anilines is 1. The van der Waals surface area contributed by atoms with E-state index in [2.05, 4.69) is 11.6 Å². The SMILES string of the molecule is C=CC.CCOc1cc2ncc(C#N)c(N)c2cc1C#N. The van der Waals surface area contributed by atoms with Crippen molar-refractivity contribution in [3.63, 3.8) is 0 Å². The molecule has 0 radical (unpaired) electrons. The molecule has 0 aliphatic rings. The predicted octanol–water partition coefficient (Wildman–Crippen LogP) is 3.15. The Morgan fingerprint density at radius 3 is 2.48 bits per heavy atom. The summed E-state index contributed by atoms with van der Waals surface area (Å²) in [6, 6.07) is 7.27. The number of nitrogen functional groups attached to an aromatic ring is 1. The Morgan fingerprint density at radius 1 is 1.33 bits per heavy atom. The smallest absolute Gasteiger partial charge is 0.139 e. The third-order valence-electron chi connectivity index (χ3n) is 2.55. The van der Waals surface area contributed by atoms with Gasteiger partial charge in [-0.05, 0) is 19.9 Å². The van der Waals surface area contributed by atoms with Crippen LogP contribution in [0.5, 0.6) is 5.75 Å². The van der Waals surface area contributed by atoms with Gasteiger partial charge in [0.15, 0.2) is 0 Å². The van der Waals surface area contributed by atoms with Crippen LogP contribution in [0.3, 0.4) is 0 Å². The van der Waals surface area contributed by atoms with E-state index in [1.54, 1.807) is 18.2 Å². The second kappa shape index (κ2) is 7.52. The number of benzene rings is 1. The summed E-state index contributed by atoms with van der Waals surface area (Å²) in [7, 11) is 0. The Kier molecular flexibility index (Phi) is 5.73. The highest BCUT2D eigenvalue weighted by atomic mass is 16.5. The molecule has 1 aromatic heterocycles. The molecule has 2 aromatic rings. The highest BCUT2D eigenvalue weighted by Crippen LogP contribution is 2.29. The van der Waals surface area contributed by atoms with E-state index in [0.29, 0.717) is 40.1 Å². The summed E-state index contributed by atoms with van der Waals surface area (Å²) in [5, 5.41) is 18.5. The van der Waals surface area contributed by atoms with Gasteiger partial charge >= 0.3 is 0 Å². The van der Waals surface area contributed by atoms with Crippen molar-refractivity contribution in [1.29, 1.82) is 10.5 Å². The second-order valence-electron chi connectivity index (χ2n) is 4.02. The minimum absolute atomic E-state index is 0.301. The molecule has 0 fully saturated rings. The number of nitriles is 2. The number of rotatable bonds is 2. The highest BCUT2D eigenvalue weighted by Gasteiger charge is 2.11. The molecule has 0 amide bonds. The first-order chi connectivity index (χ1) is 10.1. The molecule has 5 nitrogen and oxygen atoms in total. The van der Waals surface area contributed by atoms with Gasteiger partial charge in [0.2, 0.25) is 0 Å². The molecule has 0 aliphatic carbocycles. The number of nitrogens with zero attached hydrogens (tertiary/aromatic N) is 3. The van der Waals surface area contributed by atoms with Gasteiger partial charge in [0, 0.05) is 17.6 Å². The maximum absolute atomic E-state index is 9.07. The fraction of sp³-hybridized carbons (Fsp3) is 0.188. The first-order valence-corrected chi connectivity index (χ1v) is 6.35. The number of nitrogens with two attached hydrogens (primary N) is 1. The van der Waals surface area contributed by atoms with Crippen LogP contribution in [0.2, 0.25) is 0 Å².